The van der Waals surface area contributed by atoms with Crippen molar-refractivity contribution in [2.24, 2.45) is 14.1 Å². The van der Waals surface area contributed by atoms with Crippen molar-refractivity contribution in [1.82, 2.24) is 0 Å². The number of hydrogen-bond donors (Lipinski definition) is 0. The Morgan fingerprint density at radius 1 is 0.531 bits per heavy atom. The number of nitrogens with zero attached hydrogens (tertiary/aromatic N) is 2. The maximum Gasteiger partial charge on any atom is 0.762 e. The molecule has 2 aromatic heterocycles. The molecular weight excluding hydrogens is 685 g/mol. The lowest BCUT2D eigenvalue weighted by Gasteiger charge is -2.40. The van der Waals surface area contributed by atoms with Crippen molar-refractivity contribution in [3.8, 4) is 0 Å². The summed E-state index contributed by atoms with van der Waals surface area (Å²) in [5, 5.41) is 4.18. The van der Waals surface area contributed by atoms with Crippen LogP contribution in [0.25, 0.3) is 0 Å². The molecule has 0 aliphatic rings. The molecule has 0 unspecified atom stereocenters. The zero-order valence-electron chi connectivity index (χ0n) is 26.9. The second-order valence-electron chi connectivity index (χ2n) is 11.0. The van der Waals surface area contributed by atoms with Gasteiger partial charge in [0.15, 0.2) is 12.4 Å². The van der Waals surface area contributed by atoms with Crippen molar-refractivity contribution < 1.29 is 31.6 Å². The summed E-state index contributed by atoms with van der Waals surface area (Å²) < 4.78 is 31.9. The minimum Gasteiger partial charge on any atom is -1.00 e. The first-order valence-electron chi connectivity index (χ1n) is 15.2. The van der Waals surface area contributed by atoms with Crippen LogP contribution in [0.2, 0.25) is 0 Å². The van der Waals surface area contributed by atoms with Crippen molar-refractivity contribution in [2.45, 2.75) is 4.36 Å². The fourth-order valence-electron chi connectivity index (χ4n) is 6.59. The Kier molecular flexibility index (Phi) is 12.6. The SMILES string of the molecule is C[n+]1ccccc1[P+](c1ccccc1)(c1ccccc1)C(Cl)(C=O)[P+](c1ccccc1)(c1ccccc1)c1cccc[n+]1C.FB(F)F.[F-]. The van der Waals surface area contributed by atoms with E-state index in [4.69, 9.17) is 11.6 Å². The average Bonchev–Trinajstić information content (AvgIpc) is 3.12. The molecule has 6 rings (SSSR count). The van der Waals surface area contributed by atoms with Crippen molar-refractivity contribution in [1.29, 1.82) is 0 Å². The van der Waals surface area contributed by atoms with Crippen LogP contribution in [-0.4, -0.2) is 18.2 Å². The largest absolute Gasteiger partial charge is 1.00 e. The van der Waals surface area contributed by atoms with Gasteiger partial charge in [0.2, 0.25) is 20.8 Å². The molecule has 2 heterocycles. The number of aryl methyl sites for hydroxylation is 2. The van der Waals surface area contributed by atoms with Gasteiger partial charge in [-0.3, -0.25) is 17.7 Å². The molecule has 0 bridgehead atoms. The van der Waals surface area contributed by atoms with Gasteiger partial charge in [-0.15, -0.1) is 0 Å². The molecule has 0 amide bonds. The molecular formula is C38H35BClF4N2OP2+3. The van der Waals surface area contributed by atoms with E-state index in [-0.39, 0.29) is 4.70 Å². The number of halogens is 5. The Bertz CT molecular complexity index is 1730. The summed E-state index contributed by atoms with van der Waals surface area (Å²) in [5.74, 6) is 0. The van der Waals surface area contributed by atoms with Crippen LogP contribution in [0, 0.1) is 0 Å². The molecule has 0 saturated carbocycles. The zero-order chi connectivity index (χ0) is 34.2. The molecule has 11 heteroatoms. The van der Waals surface area contributed by atoms with E-state index < -0.39 is 26.4 Å². The molecule has 0 fully saturated rings. The van der Waals surface area contributed by atoms with E-state index in [1.165, 1.54) is 0 Å². The Hall–Kier alpha value is -4.22. The van der Waals surface area contributed by atoms with Crippen molar-refractivity contribution >= 4 is 72.0 Å². The van der Waals surface area contributed by atoms with Crippen LogP contribution >= 0.6 is 26.1 Å². The van der Waals surface area contributed by atoms with Crippen molar-refractivity contribution in [2.75, 3.05) is 0 Å². The number of pyridine rings is 2. The number of alkyl halides is 1. The van der Waals surface area contributed by atoms with Crippen LogP contribution < -0.4 is 45.9 Å². The van der Waals surface area contributed by atoms with Crippen LogP contribution in [0.3, 0.4) is 0 Å². The summed E-state index contributed by atoms with van der Waals surface area (Å²) in [5.41, 5.74) is 2.05. The first-order chi connectivity index (χ1) is 23.2. The molecule has 0 radical (unpaired) electrons. The van der Waals surface area contributed by atoms with Crippen molar-refractivity contribution in [3.63, 3.8) is 0 Å². The Labute approximate surface area is 291 Å². The maximum absolute atomic E-state index is 14.7. The van der Waals surface area contributed by atoms with Crippen molar-refractivity contribution in [3.05, 3.63) is 170 Å². The fraction of sp³-hybridized carbons (Fsp3) is 0.0789. The molecule has 0 aliphatic carbocycles. The lowest BCUT2D eigenvalue weighted by Crippen LogP contribution is -3.00. The highest BCUT2D eigenvalue weighted by atomic mass is 35.5. The van der Waals surface area contributed by atoms with Gasteiger partial charge in [0.1, 0.15) is 35.3 Å². The number of aromatic nitrogens is 2. The van der Waals surface area contributed by atoms with E-state index >= 15 is 0 Å². The lowest BCUT2D eigenvalue weighted by atomic mass is 10.4. The number of hydrogen-bond acceptors (Lipinski definition) is 1. The van der Waals surface area contributed by atoms with Gasteiger partial charge in [-0.1, -0.05) is 72.8 Å². The molecule has 49 heavy (non-hydrogen) atoms. The standard InChI is InChI=1S/C38H35ClN2OP2.BF3.FH/c1-40-29-17-15-27-36(40)43(32-19-7-3-8-20-32,33-21-9-4-10-22-33)38(39,31-42)44(34-23-11-5-12-24-34,35-25-13-6-14-26-35)37-28-16-18-30-41(37)2;2-1(3)4;/h3-31H,1-2H3;;1H/q+4;;/p-1. The number of carbonyl (C=O) groups is 1. The summed E-state index contributed by atoms with van der Waals surface area (Å²) in [4.78, 5) is 14.7. The predicted octanol–water partition coefficient (Wildman–Crippen LogP) is 2.60. The number of aldehydes is 1. The fourth-order valence-corrected chi connectivity index (χ4v) is 20.3. The summed E-state index contributed by atoms with van der Waals surface area (Å²) >= 11 is 8.62. The quantitative estimate of drug-likeness (QED) is 0.0564. The topological polar surface area (TPSA) is 24.8 Å². The minimum absolute atomic E-state index is 0. The monoisotopic (exact) mass is 719 g/mol. The van der Waals surface area contributed by atoms with Gasteiger partial charge in [0, 0.05) is 24.3 Å². The van der Waals surface area contributed by atoms with E-state index in [1.54, 1.807) is 0 Å². The van der Waals surface area contributed by atoms with Crippen LogP contribution in [0.15, 0.2) is 170 Å². The molecule has 0 saturated heterocycles. The zero-order valence-corrected chi connectivity index (χ0v) is 29.5. The van der Waals surface area contributed by atoms with Gasteiger partial charge >= 0.3 is 22.8 Å². The molecule has 3 nitrogen and oxygen atoms in total. The van der Waals surface area contributed by atoms with Gasteiger partial charge in [0.25, 0.3) is 0 Å². The molecule has 248 valence electrons. The molecule has 0 spiro atoms. The Balaban J connectivity index is 0.00000103. The molecule has 0 aliphatic heterocycles. The second-order valence-corrected chi connectivity index (χ2v) is 19.6. The maximum atomic E-state index is 14.7. The first kappa shape index (κ1) is 37.6. The second kappa shape index (κ2) is 16.5. The molecule has 0 atom stereocenters. The van der Waals surface area contributed by atoms with Crippen LogP contribution in [0.4, 0.5) is 12.9 Å². The van der Waals surface area contributed by atoms with Crippen LogP contribution in [0.1, 0.15) is 0 Å². The highest BCUT2D eigenvalue weighted by molar-refractivity contribution is 8.14. The molecule has 4 aromatic carbocycles. The normalized spacial score (nSPS) is 11.4. The summed E-state index contributed by atoms with van der Waals surface area (Å²) in [6.45, 7) is 0. The van der Waals surface area contributed by atoms with E-state index in [0.717, 1.165) is 38.4 Å². The summed E-state index contributed by atoms with van der Waals surface area (Å²) in [6.07, 6.45) is 5.22. The van der Waals surface area contributed by atoms with Gasteiger partial charge in [-0.2, -0.15) is 9.13 Å². The third kappa shape index (κ3) is 6.70. The average molecular weight is 720 g/mol. The lowest BCUT2D eigenvalue weighted by molar-refractivity contribution is -0.653. The minimum atomic E-state index is -3.67. The number of rotatable bonds is 9. The predicted molar refractivity (Wildman–Crippen MR) is 196 cm³/mol. The highest BCUT2D eigenvalue weighted by Crippen LogP contribution is 2.84. The van der Waals surface area contributed by atoms with E-state index in [2.05, 4.69) is 157 Å². The van der Waals surface area contributed by atoms with E-state index in [9.17, 15) is 17.7 Å². The first-order valence-corrected chi connectivity index (χ1v) is 19.2. The van der Waals surface area contributed by atoms with Gasteiger partial charge < -0.3 is 4.70 Å². The van der Waals surface area contributed by atoms with Gasteiger partial charge in [0.05, 0.1) is 0 Å². The number of benzene rings is 4. The van der Waals surface area contributed by atoms with Gasteiger partial charge in [-0.25, -0.2) is 0 Å². The number of carbonyl (C=O) groups excluding carboxylic acids is 1. The molecule has 6 aromatic rings. The third-order valence-corrected chi connectivity index (χ3v) is 20.5. The summed E-state index contributed by atoms with van der Waals surface area (Å²) in [7, 11) is -5.65. The van der Waals surface area contributed by atoms with E-state index in [1.807, 2.05) is 36.4 Å². The third-order valence-electron chi connectivity index (χ3n) is 8.41. The van der Waals surface area contributed by atoms with Crippen LogP contribution in [-0.2, 0) is 18.9 Å². The Morgan fingerprint density at radius 3 is 1.00 bits per heavy atom. The highest BCUT2D eigenvalue weighted by Gasteiger charge is 2.84. The smallest absolute Gasteiger partial charge is 0.762 e. The Morgan fingerprint density at radius 2 is 0.776 bits per heavy atom. The van der Waals surface area contributed by atoms with E-state index in [0.29, 0.717) is 0 Å². The van der Waals surface area contributed by atoms with Crippen LogP contribution in [0.5, 0.6) is 0 Å². The summed E-state index contributed by atoms with van der Waals surface area (Å²) in [6, 6.07) is 54.3. The molecule has 0 N–H and O–H groups in total. The van der Waals surface area contributed by atoms with Gasteiger partial charge in [-0.05, 0) is 72.3 Å².